The Bertz CT molecular complexity index is 584. The lowest BCUT2D eigenvalue weighted by Crippen LogP contribution is -2.30. The van der Waals surface area contributed by atoms with Crippen LogP contribution in [0.2, 0.25) is 5.02 Å². The Hall–Kier alpha value is -1.43. The zero-order valence-electron chi connectivity index (χ0n) is 11.6. The van der Waals surface area contributed by atoms with Crippen molar-refractivity contribution in [3.05, 3.63) is 52.6 Å². The van der Waals surface area contributed by atoms with E-state index in [-0.39, 0.29) is 11.9 Å². The smallest absolute Gasteiger partial charge is 0.124 e. The lowest BCUT2D eigenvalue weighted by molar-refractivity contribution is 0.241. The van der Waals surface area contributed by atoms with Crippen molar-refractivity contribution in [2.45, 2.75) is 12.6 Å². The fourth-order valence-electron chi connectivity index (χ4n) is 2.27. The Morgan fingerprint density at radius 1 is 1.50 bits per heavy atom. The Balaban J connectivity index is 2.18. The molecule has 0 aliphatic carbocycles. The largest absolute Gasteiger partial charge is 0.329 e. The molecule has 0 radical (unpaired) electrons. The molecule has 20 heavy (non-hydrogen) atoms. The third kappa shape index (κ3) is 3.36. The van der Waals surface area contributed by atoms with Gasteiger partial charge in [0.25, 0.3) is 0 Å². The monoisotopic (exact) mass is 296 g/mol. The maximum atomic E-state index is 13.1. The van der Waals surface area contributed by atoms with Gasteiger partial charge in [-0.25, -0.2) is 4.39 Å². The first-order valence-corrected chi connectivity index (χ1v) is 6.72. The Labute approximate surface area is 122 Å². The van der Waals surface area contributed by atoms with E-state index in [1.807, 2.05) is 26.5 Å². The number of nitrogens with zero attached hydrogens (tertiary/aromatic N) is 3. The van der Waals surface area contributed by atoms with Gasteiger partial charge in [0.05, 0.1) is 6.20 Å². The van der Waals surface area contributed by atoms with Crippen LogP contribution in [0.1, 0.15) is 17.2 Å². The number of aryl methyl sites for hydroxylation is 1. The molecular weight excluding hydrogens is 279 g/mol. The van der Waals surface area contributed by atoms with Crippen LogP contribution in [0.4, 0.5) is 4.39 Å². The third-order valence-electron chi connectivity index (χ3n) is 3.27. The summed E-state index contributed by atoms with van der Waals surface area (Å²) in [6.07, 6.45) is 3.77. The van der Waals surface area contributed by atoms with Crippen LogP contribution >= 0.6 is 11.6 Å². The van der Waals surface area contributed by atoms with E-state index in [4.69, 9.17) is 17.3 Å². The second-order valence-electron chi connectivity index (χ2n) is 4.85. The predicted octanol–water partition coefficient (Wildman–Crippen LogP) is 2.34. The molecule has 1 aromatic carbocycles. The molecule has 1 unspecified atom stereocenters. The van der Waals surface area contributed by atoms with Crippen LogP contribution in [0.5, 0.6) is 0 Å². The summed E-state index contributed by atoms with van der Waals surface area (Å²) in [6.45, 7) is 1.10. The predicted molar refractivity (Wildman–Crippen MR) is 77.9 cm³/mol. The van der Waals surface area contributed by atoms with E-state index in [2.05, 4.69) is 10.00 Å². The summed E-state index contributed by atoms with van der Waals surface area (Å²) in [6, 6.07) is 4.34. The molecular formula is C14H18ClFN4. The van der Waals surface area contributed by atoms with Gasteiger partial charge in [0.2, 0.25) is 0 Å². The van der Waals surface area contributed by atoms with Gasteiger partial charge < -0.3 is 5.73 Å². The van der Waals surface area contributed by atoms with Crippen molar-refractivity contribution in [1.29, 1.82) is 0 Å². The maximum absolute atomic E-state index is 13.1. The number of nitrogens with two attached hydrogens (primary N) is 1. The Morgan fingerprint density at radius 3 is 2.80 bits per heavy atom. The van der Waals surface area contributed by atoms with Gasteiger partial charge in [-0.15, -0.1) is 0 Å². The normalized spacial score (nSPS) is 12.9. The summed E-state index contributed by atoms with van der Waals surface area (Å²) >= 11 is 6.12. The van der Waals surface area contributed by atoms with Gasteiger partial charge in [-0.05, 0) is 24.7 Å². The van der Waals surface area contributed by atoms with E-state index < -0.39 is 0 Å². The van der Waals surface area contributed by atoms with Crippen LogP contribution in [0.25, 0.3) is 0 Å². The van der Waals surface area contributed by atoms with Crippen LogP contribution in [-0.4, -0.2) is 28.3 Å². The first-order chi connectivity index (χ1) is 9.51. The summed E-state index contributed by atoms with van der Waals surface area (Å²) < 4.78 is 14.9. The number of benzene rings is 1. The van der Waals surface area contributed by atoms with Crippen LogP contribution in [0, 0.1) is 5.82 Å². The fraction of sp³-hybridized carbons (Fsp3) is 0.357. The Morgan fingerprint density at radius 2 is 2.25 bits per heavy atom. The van der Waals surface area contributed by atoms with E-state index in [1.54, 1.807) is 10.7 Å². The van der Waals surface area contributed by atoms with Gasteiger partial charge in [0.1, 0.15) is 5.82 Å². The van der Waals surface area contributed by atoms with Gasteiger partial charge in [-0.2, -0.15) is 5.10 Å². The number of halogens is 2. The van der Waals surface area contributed by atoms with Crippen LogP contribution in [-0.2, 0) is 13.6 Å². The van der Waals surface area contributed by atoms with Crippen molar-refractivity contribution in [3.63, 3.8) is 0 Å². The lowest BCUT2D eigenvalue weighted by Gasteiger charge is -2.27. The van der Waals surface area contributed by atoms with Crippen LogP contribution in [0.3, 0.4) is 0 Å². The molecule has 6 heteroatoms. The molecule has 0 spiro atoms. The molecule has 0 bridgehead atoms. The first kappa shape index (κ1) is 15.0. The molecule has 2 N–H and O–H groups in total. The summed E-state index contributed by atoms with van der Waals surface area (Å²) in [7, 11) is 3.84. The molecule has 0 fully saturated rings. The van der Waals surface area contributed by atoms with Crippen molar-refractivity contribution in [2.24, 2.45) is 12.8 Å². The minimum absolute atomic E-state index is 0.0664. The maximum Gasteiger partial charge on any atom is 0.124 e. The molecule has 0 aliphatic heterocycles. The lowest BCUT2D eigenvalue weighted by atomic mass is 10.1. The number of aromatic nitrogens is 2. The quantitative estimate of drug-likeness (QED) is 0.921. The SMILES string of the molecule is CN(Cc1cnn(C)c1)C(CN)c1ccc(F)cc1Cl. The van der Waals surface area contributed by atoms with Crippen molar-refractivity contribution in [2.75, 3.05) is 13.6 Å². The highest BCUT2D eigenvalue weighted by Crippen LogP contribution is 2.27. The van der Waals surface area contributed by atoms with E-state index >= 15 is 0 Å². The molecule has 0 aliphatic rings. The van der Waals surface area contributed by atoms with Crippen LogP contribution < -0.4 is 5.73 Å². The Kier molecular flexibility index (Phi) is 4.75. The first-order valence-electron chi connectivity index (χ1n) is 6.34. The molecule has 0 amide bonds. The molecule has 0 saturated heterocycles. The summed E-state index contributed by atoms with van der Waals surface area (Å²) in [4.78, 5) is 2.08. The molecule has 0 saturated carbocycles. The number of likely N-dealkylation sites (N-methyl/N-ethyl adjacent to an activating group) is 1. The summed E-state index contributed by atoms with van der Waals surface area (Å²) in [5.74, 6) is -0.343. The fourth-order valence-corrected chi connectivity index (χ4v) is 2.56. The molecule has 1 aromatic heterocycles. The second-order valence-corrected chi connectivity index (χ2v) is 5.26. The molecule has 4 nitrogen and oxygen atoms in total. The van der Waals surface area contributed by atoms with Gasteiger partial charge in [0, 0.05) is 43.0 Å². The molecule has 108 valence electrons. The van der Waals surface area contributed by atoms with Gasteiger partial charge >= 0.3 is 0 Å². The topological polar surface area (TPSA) is 47.1 Å². The zero-order valence-corrected chi connectivity index (χ0v) is 12.3. The average Bonchev–Trinajstić information content (AvgIpc) is 2.78. The van der Waals surface area contributed by atoms with E-state index in [1.165, 1.54) is 12.1 Å². The number of hydrogen-bond acceptors (Lipinski definition) is 3. The van der Waals surface area contributed by atoms with E-state index in [0.29, 0.717) is 18.1 Å². The molecule has 2 rings (SSSR count). The highest BCUT2D eigenvalue weighted by molar-refractivity contribution is 6.31. The summed E-state index contributed by atoms with van der Waals surface area (Å²) in [5, 5.41) is 4.54. The highest BCUT2D eigenvalue weighted by Gasteiger charge is 2.19. The third-order valence-corrected chi connectivity index (χ3v) is 3.59. The van der Waals surface area contributed by atoms with Crippen molar-refractivity contribution >= 4 is 11.6 Å². The van der Waals surface area contributed by atoms with Crippen molar-refractivity contribution < 1.29 is 4.39 Å². The van der Waals surface area contributed by atoms with Crippen molar-refractivity contribution in [3.8, 4) is 0 Å². The van der Waals surface area contributed by atoms with E-state index in [9.17, 15) is 4.39 Å². The number of hydrogen-bond donors (Lipinski definition) is 1. The van der Waals surface area contributed by atoms with Crippen LogP contribution in [0.15, 0.2) is 30.6 Å². The zero-order chi connectivity index (χ0) is 14.7. The molecule has 2 aromatic rings. The van der Waals surface area contributed by atoms with Gasteiger partial charge in [0.15, 0.2) is 0 Å². The average molecular weight is 297 g/mol. The molecule has 1 atom stereocenters. The van der Waals surface area contributed by atoms with Gasteiger partial charge in [-0.1, -0.05) is 17.7 Å². The summed E-state index contributed by atoms with van der Waals surface area (Å²) in [5.41, 5.74) is 7.78. The standard InChI is InChI=1S/C14H18ClFN4/c1-19(8-10-7-18-20(2)9-10)14(6-17)12-4-3-11(16)5-13(12)15/h3-5,7,9,14H,6,8,17H2,1-2H3. The second kappa shape index (κ2) is 6.35. The van der Waals surface area contributed by atoms with Gasteiger partial charge in [-0.3, -0.25) is 9.58 Å². The minimum atomic E-state index is -0.343. The molecule has 1 heterocycles. The van der Waals surface area contributed by atoms with E-state index in [0.717, 1.165) is 11.1 Å². The highest BCUT2D eigenvalue weighted by atomic mass is 35.5. The number of rotatable bonds is 5. The minimum Gasteiger partial charge on any atom is -0.329 e. The van der Waals surface area contributed by atoms with Crippen molar-refractivity contribution in [1.82, 2.24) is 14.7 Å².